The topological polar surface area (TPSA) is 85.0 Å². The van der Waals surface area contributed by atoms with Gasteiger partial charge in [-0.25, -0.2) is 0 Å². The van der Waals surface area contributed by atoms with Crippen molar-refractivity contribution in [1.82, 2.24) is 15.1 Å². The highest BCUT2D eigenvalue weighted by Gasteiger charge is 2.19. The van der Waals surface area contributed by atoms with Gasteiger partial charge in [0.2, 0.25) is 5.91 Å². The lowest BCUT2D eigenvalue weighted by Gasteiger charge is -2.11. The summed E-state index contributed by atoms with van der Waals surface area (Å²) in [6.07, 6.45) is 2.94. The van der Waals surface area contributed by atoms with E-state index in [1.165, 1.54) is 0 Å². The number of carbonyl (C=O) groups excluding carboxylic acids is 1. The lowest BCUT2D eigenvalue weighted by atomic mass is 10.1. The van der Waals surface area contributed by atoms with Crippen molar-refractivity contribution in [2.45, 2.75) is 18.5 Å². The summed E-state index contributed by atoms with van der Waals surface area (Å²) in [5, 5.41) is 10.5. The van der Waals surface area contributed by atoms with Crippen LogP contribution in [-0.4, -0.2) is 28.8 Å². The Morgan fingerprint density at radius 2 is 2.19 bits per heavy atom. The minimum absolute atomic E-state index is 0.254. The molecule has 6 nitrogen and oxygen atoms in total. The highest BCUT2D eigenvalue weighted by atomic mass is 16.2. The maximum absolute atomic E-state index is 12.1. The molecule has 1 aromatic heterocycles. The van der Waals surface area contributed by atoms with Gasteiger partial charge in [-0.2, -0.15) is 5.10 Å². The van der Waals surface area contributed by atoms with Gasteiger partial charge in [-0.15, -0.1) is 0 Å². The van der Waals surface area contributed by atoms with Crippen LogP contribution in [0.5, 0.6) is 0 Å². The fourth-order valence-electron chi connectivity index (χ4n) is 2.49. The number of rotatable bonds is 4. The third-order valence-corrected chi connectivity index (χ3v) is 3.71. The lowest BCUT2D eigenvalue weighted by Crippen LogP contribution is -2.28. The summed E-state index contributed by atoms with van der Waals surface area (Å²) in [5.41, 5.74) is 6.75. The Balaban J connectivity index is 1.64. The number of amides is 1. The first-order chi connectivity index (χ1) is 10.2. The van der Waals surface area contributed by atoms with Gasteiger partial charge in [0.15, 0.2) is 5.82 Å². The lowest BCUT2D eigenvalue weighted by molar-refractivity contribution is -0.117. The van der Waals surface area contributed by atoms with Crippen LogP contribution in [0.2, 0.25) is 0 Å². The van der Waals surface area contributed by atoms with E-state index in [9.17, 15) is 4.79 Å². The summed E-state index contributed by atoms with van der Waals surface area (Å²) < 4.78 is 1.89. The predicted molar refractivity (Wildman–Crippen MR) is 80.8 cm³/mol. The van der Waals surface area contributed by atoms with Gasteiger partial charge in [-0.05, 0) is 18.5 Å². The molecular weight excluding hydrogens is 266 g/mol. The van der Waals surface area contributed by atoms with Gasteiger partial charge in [0.1, 0.15) is 6.04 Å². The molecule has 2 atom stereocenters. The van der Waals surface area contributed by atoms with Crippen LogP contribution in [0.4, 0.5) is 5.82 Å². The number of benzene rings is 1. The fourth-order valence-corrected chi connectivity index (χ4v) is 2.49. The molecule has 6 heteroatoms. The molecule has 0 aliphatic carbocycles. The molecular formula is C15H19N5O. The van der Waals surface area contributed by atoms with Crippen molar-refractivity contribution in [3.8, 4) is 0 Å². The van der Waals surface area contributed by atoms with E-state index in [-0.39, 0.29) is 5.91 Å². The Morgan fingerprint density at radius 3 is 2.90 bits per heavy atom. The number of hydrogen-bond donors (Lipinski definition) is 3. The number of nitrogens with two attached hydrogens (primary N) is 1. The van der Waals surface area contributed by atoms with Crippen LogP contribution < -0.4 is 16.4 Å². The van der Waals surface area contributed by atoms with Crippen molar-refractivity contribution in [1.29, 1.82) is 0 Å². The van der Waals surface area contributed by atoms with E-state index < -0.39 is 6.04 Å². The zero-order chi connectivity index (χ0) is 14.7. The number of anilines is 1. The Labute approximate surface area is 123 Å². The maximum atomic E-state index is 12.1. The smallest absolute Gasteiger partial charge is 0.247 e. The normalized spacial score (nSPS) is 19.4. The molecule has 1 saturated heterocycles. The highest BCUT2D eigenvalue weighted by molar-refractivity contribution is 5.94. The Morgan fingerprint density at radius 1 is 1.38 bits per heavy atom. The molecule has 2 aromatic rings. The minimum Gasteiger partial charge on any atom is -0.316 e. The van der Waals surface area contributed by atoms with Crippen LogP contribution in [0.3, 0.4) is 0 Å². The van der Waals surface area contributed by atoms with E-state index in [1.54, 1.807) is 6.07 Å². The molecule has 0 radical (unpaired) electrons. The molecule has 1 aliphatic rings. The van der Waals surface area contributed by atoms with E-state index >= 15 is 0 Å². The molecule has 4 N–H and O–H groups in total. The van der Waals surface area contributed by atoms with Crippen LogP contribution in [0, 0.1) is 0 Å². The molecule has 0 unspecified atom stereocenters. The van der Waals surface area contributed by atoms with Gasteiger partial charge in [0, 0.05) is 18.8 Å². The van der Waals surface area contributed by atoms with Gasteiger partial charge in [0.05, 0.1) is 6.04 Å². The Hall–Kier alpha value is -2.18. The monoisotopic (exact) mass is 285 g/mol. The average molecular weight is 285 g/mol. The van der Waals surface area contributed by atoms with Crippen LogP contribution in [0.1, 0.15) is 24.1 Å². The van der Waals surface area contributed by atoms with Gasteiger partial charge in [-0.3, -0.25) is 9.48 Å². The third-order valence-electron chi connectivity index (χ3n) is 3.71. The summed E-state index contributed by atoms with van der Waals surface area (Å²) in [7, 11) is 0. The number of nitrogens with zero attached hydrogens (tertiary/aromatic N) is 2. The number of nitrogens with one attached hydrogen (secondary N) is 2. The molecule has 2 heterocycles. The zero-order valence-electron chi connectivity index (χ0n) is 11.7. The zero-order valence-corrected chi connectivity index (χ0v) is 11.7. The molecule has 0 spiro atoms. The number of aromatic nitrogens is 2. The summed E-state index contributed by atoms with van der Waals surface area (Å²) in [5.74, 6) is 0.286. The van der Waals surface area contributed by atoms with E-state index in [0.29, 0.717) is 11.9 Å². The van der Waals surface area contributed by atoms with Gasteiger partial charge in [-0.1, -0.05) is 30.3 Å². The van der Waals surface area contributed by atoms with Crippen molar-refractivity contribution in [2.24, 2.45) is 5.73 Å². The number of hydrogen-bond acceptors (Lipinski definition) is 4. The molecule has 1 amide bonds. The van der Waals surface area contributed by atoms with Gasteiger partial charge in [0.25, 0.3) is 0 Å². The second-order valence-corrected chi connectivity index (χ2v) is 5.21. The molecule has 1 aromatic carbocycles. The standard InChI is InChI=1S/C15H19N5O/c16-14(11-4-2-1-3-5-11)15(21)18-13-7-9-20(19-13)12-6-8-17-10-12/h1-5,7,9,12,14,17H,6,8,10,16H2,(H,18,19,21)/t12-,14-/m1/s1. The van der Waals surface area contributed by atoms with Crippen molar-refractivity contribution in [2.75, 3.05) is 18.4 Å². The molecule has 1 fully saturated rings. The van der Waals surface area contributed by atoms with Crippen molar-refractivity contribution >= 4 is 11.7 Å². The van der Waals surface area contributed by atoms with Crippen LogP contribution in [0.15, 0.2) is 42.6 Å². The predicted octanol–water partition coefficient (Wildman–Crippen LogP) is 1.06. The molecule has 3 rings (SSSR count). The average Bonchev–Trinajstić information content (AvgIpc) is 3.18. The van der Waals surface area contributed by atoms with E-state index in [2.05, 4.69) is 15.7 Å². The fraction of sp³-hybridized carbons (Fsp3) is 0.333. The minimum atomic E-state index is -0.690. The highest BCUT2D eigenvalue weighted by Crippen LogP contribution is 2.17. The molecule has 1 aliphatic heterocycles. The Kier molecular flexibility index (Phi) is 3.98. The van der Waals surface area contributed by atoms with Crippen LogP contribution in [0.25, 0.3) is 0 Å². The van der Waals surface area contributed by atoms with Crippen LogP contribution in [-0.2, 0) is 4.79 Å². The first-order valence-corrected chi connectivity index (χ1v) is 7.11. The summed E-state index contributed by atoms with van der Waals surface area (Å²) >= 11 is 0. The molecule has 21 heavy (non-hydrogen) atoms. The van der Waals surface area contributed by atoms with Crippen molar-refractivity contribution < 1.29 is 4.79 Å². The Bertz CT molecular complexity index is 604. The second kappa shape index (κ2) is 6.07. The summed E-state index contributed by atoms with van der Waals surface area (Å²) in [6.45, 7) is 1.92. The van der Waals surface area contributed by atoms with Crippen molar-refractivity contribution in [3.05, 3.63) is 48.2 Å². The number of carbonyl (C=O) groups is 1. The summed E-state index contributed by atoms with van der Waals surface area (Å²) in [4.78, 5) is 12.1. The third kappa shape index (κ3) is 3.12. The van der Waals surface area contributed by atoms with Gasteiger partial charge < -0.3 is 16.4 Å². The molecule has 0 bridgehead atoms. The first kappa shape index (κ1) is 13.8. The van der Waals surface area contributed by atoms with Gasteiger partial charge >= 0.3 is 0 Å². The molecule has 110 valence electrons. The quantitative estimate of drug-likeness (QED) is 0.784. The largest absolute Gasteiger partial charge is 0.316 e. The van der Waals surface area contributed by atoms with E-state index in [1.807, 2.05) is 41.2 Å². The SMILES string of the molecule is N[C@@H](C(=O)Nc1ccn([C@@H]2CCNC2)n1)c1ccccc1. The van der Waals surface area contributed by atoms with Crippen LogP contribution >= 0.6 is 0 Å². The second-order valence-electron chi connectivity index (χ2n) is 5.21. The maximum Gasteiger partial charge on any atom is 0.247 e. The first-order valence-electron chi connectivity index (χ1n) is 7.11. The van der Waals surface area contributed by atoms with E-state index in [4.69, 9.17) is 5.73 Å². The van der Waals surface area contributed by atoms with E-state index in [0.717, 1.165) is 25.1 Å². The van der Waals surface area contributed by atoms with Crippen molar-refractivity contribution in [3.63, 3.8) is 0 Å². The summed E-state index contributed by atoms with van der Waals surface area (Å²) in [6, 6.07) is 10.8. The molecule has 0 saturated carbocycles.